The molecule has 0 spiro atoms. The molecule has 10 heteroatoms. The Hall–Kier alpha value is -2.17. The number of aryl methyl sites for hydroxylation is 2. The first-order chi connectivity index (χ1) is 18.7. The summed E-state index contributed by atoms with van der Waals surface area (Å²) in [6, 6.07) is 9.74. The monoisotopic (exact) mass is 574 g/mol. The lowest BCUT2D eigenvalue weighted by Gasteiger charge is -2.36. The van der Waals surface area contributed by atoms with E-state index in [-0.39, 0.29) is 12.3 Å². The van der Waals surface area contributed by atoms with E-state index in [1.165, 1.54) is 5.56 Å². The molecule has 2 fully saturated rings. The Morgan fingerprint density at radius 1 is 1.13 bits per heavy atom. The molecule has 0 amide bonds. The van der Waals surface area contributed by atoms with Gasteiger partial charge in [0.1, 0.15) is 24.7 Å². The van der Waals surface area contributed by atoms with Gasteiger partial charge in [-0.2, -0.15) is 0 Å². The number of nitrogens with zero attached hydrogens (tertiary/aromatic N) is 4. The van der Waals surface area contributed by atoms with Crippen LogP contribution in [-0.4, -0.2) is 76.2 Å². The number of aromatic nitrogens is 2. The first kappa shape index (κ1) is 28.4. The zero-order valence-corrected chi connectivity index (χ0v) is 24.2. The number of benzene rings is 2. The molecule has 3 heterocycles. The number of ether oxygens (including phenoxy) is 3. The average Bonchev–Trinajstić information content (AvgIpc) is 3.54. The minimum atomic E-state index is -1.08. The quantitative estimate of drug-likeness (QED) is 0.400. The molecule has 3 aromatic rings. The van der Waals surface area contributed by atoms with E-state index in [0.29, 0.717) is 29.8 Å². The fourth-order valence-electron chi connectivity index (χ4n) is 5.46. The maximum atomic E-state index is 9.81. The standard InChI is InChI=1S/C29H36Cl2N4O4/c1-20-12-23(15-33-8-10-35(11-9-33)22(3)36)13-21(2)28(20)37-16-25-17-38-29(39-25,18-34-7-6-32-19-34)26-5-4-24(30)14-27(26)31/h4-7,12-14,19,22,25,36H,8-11,15-18H2,1-3H3/t22?,25-,29-/m1/s1. The van der Waals surface area contributed by atoms with Crippen LogP contribution in [0.4, 0.5) is 0 Å². The summed E-state index contributed by atoms with van der Waals surface area (Å²) in [6.07, 6.45) is 4.63. The number of hydrogen-bond acceptors (Lipinski definition) is 7. The van der Waals surface area contributed by atoms with Crippen LogP contribution in [0.1, 0.15) is 29.2 Å². The van der Waals surface area contributed by atoms with Gasteiger partial charge in [0, 0.05) is 55.7 Å². The van der Waals surface area contributed by atoms with E-state index in [1.54, 1.807) is 24.7 Å². The molecular weight excluding hydrogens is 539 g/mol. The molecule has 5 rings (SSSR count). The fraction of sp³-hybridized carbons (Fsp3) is 0.483. The summed E-state index contributed by atoms with van der Waals surface area (Å²) in [5, 5.41) is 10.9. The van der Waals surface area contributed by atoms with Crippen LogP contribution >= 0.6 is 23.2 Å². The highest BCUT2D eigenvalue weighted by Crippen LogP contribution is 2.41. The van der Waals surface area contributed by atoms with Crippen LogP contribution in [-0.2, 0) is 28.4 Å². The smallest absolute Gasteiger partial charge is 0.215 e. The number of imidazole rings is 1. The van der Waals surface area contributed by atoms with Gasteiger partial charge in [0.05, 0.1) is 24.5 Å². The van der Waals surface area contributed by atoms with E-state index in [0.717, 1.165) is 55.2 Å². The first-order valence-corrected chi connectivity index (χ1v) is 14.1. The van der Waals surface area contributed by atoms with E-state index in [1.807, 2.05) is 23.8 Å². The normalized spacial score (nSPS) is 23.3. The molecule has 1 unspecified atom stereocenters. The summed E-state index contributed by atoms with van der Waals surface area (Å²) in [7, 11) is 0. The highest BCUT2D eigenvalue weighted by atomic mass is 35.5. The van der Waals surface area contributed by atoms with Crippen LogP contribution in [0.2, 0.25) is 10.0 Å². The third-order valence-corrected chi connectivity index (χ3v) is 7.97. The molecule has 0 radical (unpaired) electrons. The van der Waals surface area contributed by atoms with E-state index in [9.17, 15) is 5.11 Å². The number of halogens is 2. The molecule has 2 aromatic carbocycles. The van der Waals surface area contributed by atoms with Gasteiger partial charge in [0.2, 0.25) is 5.79 Å². The van der Waals surface area contributed by atoms with E-state index < -0.39 is 5.79 Å². The van der Waals surface area contributed by atoms with Crippen molar-refractivity contribution in [1.82, 2.24) is 19.4 Å². The Kier molecular flexibility index (Phi) is 8.83. The predicted octanol–water partition coefficient (Wildman–Crippen LogP) is 4.61. The van der Waals surface area contributed by atoms with Crippen molar-refractivity contribution < 1.29 is 19.3 Å². The molecule has 2 aliphatic rings. The molecule has 8 nitrogen and oxygen atoms in total. The lowest BCUT2D eigenvalue weighted by atomic mass is 10.0. The Labute approximate surface area is 240 Å². The zero-order valence-electron chi connectivity index (χ0n) is 22.6. The fourth-order valence-corrected chi connectivity index (χ4v) is 6.02. The van der Waals surface area contributed by atoms with E-state index >= 15 is 0 Å². The van der Waals surface area contributed by atoms with Gasteiger partial charge in [-0.1, -0.05) is 41.4 Å². The molecular formula is C29H36Cl2N4O4. The summed E-state index contributed by atoms with van der Waals surface area (Å²) < 4.78 is 21.1. The van der Waals surface area contributed by atoms with Crippen LogP contribution in [0.3, 0.4) is 0 Å². The molecule has 39 heavy (non-hydrogen) atoms. The van der Waals surface area contributed by atoms with Crippen LogP contribution in [0.5, 0.6) is 5.75 Å². The van der Waals surface area contributed by atoms with Gasteiger partial charge < -0.3 is 23.9 Å². The zero-order chi connectivity index (χ0) is 27.6. The van der Waals surface area contributed by atoms with Gasteiger partial charge in [0.25, 0.3) is 0 Å². The van der Waals surface area contributed by atoms with E-state index in [2.05, 4.69) is 40.8 Å². The highest BCUT2D eigenvalue weighted by molar-refractivity contribution is 6.35. The summed E-state index contributed by atoms with van der Waals surface area (Å²) in [5.41, 5.74) is 4.17. The average molecular weight is 576 g/mol. The second-order valence-corrected chi connectivity index (χ2v) is 11.3. The molecule has 2 saturated heterocycles. The van der Waals surface area contributed by atoms with Crippen molar-refractivity contribution in [3.05, 3.63) is 81.4 Å². The molecule has 2 aliphatic heterocycles. The molecule has 0 bridgehead atoms. The maximum absolute atomic E-state index is 9.81. The predicted molar refractivity (Wildman–Crippen MR) is 151 cm³/mol. The van der Waals surface area contributed by atoms with Gasteiger partial charge in [-0.05, 0) is 49.6 Å². The highest BCUT2D eigenvalue weighted by Gasteiger charge is 2.45. The summed E-state index contributed by atoms with van der Waals surface area (Å²) in [5.74, 6) is -0.208. The van der Waals surface area contributed by atoms with Gasteiger partial charge in [-0.3, -0.25) is 9.80 Å². The molecule has 210 valence electrons. The van der Waals surface area contributed by atoms with E-state index in [4.69, 9.17) is 37.4 Å². The van der Waals surface area contributed by atoms with Crippen molar-refractivity contribution in [3.63, 3.8) is 0 Å². The van der Waals surface area contributed by atoms with Crippen LogP contribution in [0.15, 0.2) is 49.1 Å². The van der Waals surface area contributed by atoms with Crippen molar-refractivity contribution in [2.75, 3.05) is 39.4 Å². The lowest BCUT2D eigenvalue weighted by Crippen LogP contribution is -2.49. The first-order valence-electron chi connectivity index (χ1n) is 13.3. The number of aliphatic hydroxyl groups excluding tert-OH is 1. The Morgan fingerprint density at radius 2 is 1.87 bits per heavy atom. The molecule has 3 atom stereocenters. The molecule has 1 aromatic heterocycles. The van der Waals surface area contributed by atoms with Crippen molar-refractivity contribution in [1.29, 1.82) is 0 Å². The number of piperazine rings is 1. The second-order valence-electron chi connectivity index (χ2n) is 10.5. The molecule has 0 saturated carbocycles. The summed E-state index contributed by atoms with van der Waals surface area (Å²) in [4.78, 5) is 8.68. The number of aliphatic hydroxyl groups is 1. The van der Waals surface area contributed by atoms with Crippen molar-refractivity contribution >= 4 is 23.2 Å². The van der Waals surface area contributed by atoms with Crippen molar-refractivity contribution in [2.45, 2.75) is 52.0 Å². The Bertz CT molecular complexity index is 1240. The van der Waals surface area contributed by atoms with Gasteiger partial charge in [-0.25, -0.2) is 4.98 Å². The largest absolute Gasteiger partial charge is 0.490 e. The van der Waals surface area contributed by atoms with Crippen LogP contribution in [0, 0.1) is 13.8 Å². The van der Waals surface area contributed by atoms with Crippen molar-refractivity contribution in [3.8, 4) is 5.75 Å². The van der Waals surface area contributed by atoms with Crippen LogP contribution in [0.25, 0.3) is 0 Å². The third kappa shape index (κ3) is 6.60. The Balaban J connectivity index is 1.24. The number of rotatable bonds is 9. The van der Waals surface area contributed by atoms with Crippen molar-refractivity contribution in [2.24, 2.45) is 0 Å². The van der Waals surface area contributed by atoms with Crippen LogP contribution < -0.4 is 4.74 Å². The van der Waals surface area contributed by atoms with Gasteiger partial charge in [-0.15, -0.1) is 0 Å². The SMILES string of the molecule is Cc1cc(CN2CCN(C(C)O)CC2)cc(C)c1OC[C@@H]1CO[C@@](Cn2ccnc2)(c2ccc(Cl)cc2Cl)O1. The summed E-state index contributed by atoms with van der Waals surface area (Å²) in [6.45, 7) is 11.6. The van der Waals surface area contributed by atoms with Gasteiger partial charge >= 0.3 is 0 Å². The minimum absolute atomic E-state index is 0.288. The summed E-state index contributed by atoms with van der Waals surface area (Å²) >= 11 is 12.7. The molecule has 1 N–H and O–H groups in total. The lowest BCUT2D eigenvalue weighted by molar-refractivity contribution is -0.189. The second kappa shape index (κ2) is 12.1. The topological polar surface area (TPSA) is 72.2 Å². The Morgan fingerprint density at radius 3 is 2.51 bits per heavy atom. The molecule has 0 aliphatic carbocycles. The minimum Gasteiger partial charge on any atom is -0.490 e. The number of hydrogen-bond donors (Lipinski definition) is 1. The third-order valence-electron chi connectivity index (χ3n) is 7.43. The maximum Gasteiger partial charge on any atom is 0.215 e. The van der Waals surface area contributed by atoms with Gasteiger partial charge in [0.15, 0.2) is 0 Å².